The van der Waals surface area contributed by atoms with E-state index in [1.807, 2.05) is 0 Å². The molecule has 5 aliphatic rings. The van der Waals surface area contributed by atoms with E-state index in [0.717, 1.165) is 25.7 Å². The molecule has 0 heteroatoms. The predicted octanol–water partition coefficient (Wildman–Crippen LogP) is 8.70. The first-order chi connectivity index (χ1) is 17.6. The van der Waals surface area contributed by atoms with Crippen LogP contribution in [0.2, 0.25) is 0 Å². The molecule has 176 valence electrons. The van der Waals surface area contributed by atoms with Crippen LogP contribution in [0.15, 0.2) is 97.1 Å². The number of rotatable bonds is 0. The van der Waals surface area contributed by atoms with Crippen molar-refractivity contribution in [2.45, 2.75) is 51.4 Å². The van der Waals surface area contributed by atoms with Gasteiger partial charge in [-0.2, -0.15) is 0 Å². The Hall–Kier alpha value is -3.64. The van der Waals surface area contributed by atoms with Gasteiger partial charge in [-0.1, -0.05) is 108 Å². The Morgan fingerprint density at radius 1 is 0.528 bits per heavy atom. The fraction of sp³-hybridized carbons (Fsp3) is 0.222. The summed E-state index contributed by atoms with van der Waals surface area (Å²) in [6.45, 7) is 4.50. The van der Waals surface area contributed by atoms with Crippen molar-refractivity contribution in [3.63, 3.8) is 0 Å². The minimum Gasteiger partial charge on any atom is -0.0610 e. The zero-order chi connectivity index (χ0) is 24.3. The van der Waals surface area contributed by atoms with E-state index in [-0.39, 0.29) is 5.41 Å². The second-order valence-corrected chi connectivity index (χ2v) is 11.2. The normalized spacial score (nSPS) is 15.7. The summed E-state index contributed by atoms with van der Waals surface area (Å²) in [5.74, 6) is 0. The van der Waals surface area contributed by atoms with E-state index < -0.39 is 0 Å². The van der Waals surface area contributed by atoms with Crippen LogP contribution >= 0.6 is 0 Å². The molecule has 0 atom stereocenters. The van der Waals surface area contributed by atoms with E-state index in [4.69, 9.17) is 0 Å². The first-order valence-electron chi connectivity index (χ1n) is 13.4. The molecule has 0 aromatic heterocycles. The molecule has 0 N–H and O–H groups in total. The van der Waals surface area contributed by atoms with Crippen LogP contribution in [0.1, 0.15) is 50.9 Å². The zero-order valence-electron chi connectivity index (χ0n) is 21.3. The Kier molecular flexibility index (Phi) is 4.93. The molecule has 0 unspecified atom stereocenters. The van der Waals surface area contributed by atoms with Crippen LogP contribution in [0.3, 0.4) is 0 Å². The third-order valence-corrected chi connectivity index (χ3v) is 8.61. The number of hydrogen-bond donors (Lipinski definition) is 0. The first-order valence-corrected chi connectivity index (χ1v) is 13.4. The van der Waals surface area contributed by atoms with Crippen molar-refractivity contribution in [1.82, 2.24) is 0 Å². The Balaban J connectivity index is 1.58. The molecule has 1 spiro atoms. The van der Waals surface area contributed by atoms with Crippen molar-refractivity contribution in [2.75, 3.05) is 0 Å². The average Bonchev–Trinajstić information content (AvgIpc) is 2.89. The monoisotopic (exact) mass is 464 g/mol. The Morgan fingerprint density at radius 3 is 1.81 bits per heavy atom. The molecule has 5 aliphatic carbocycles. The number of hydrogen-bond acceptors (Lipinski definition) is 0. The van der Waals surface area contributed by atoms with Crippen molar-refractivity contribution >= 4 is 10.8 Å². The molecule has 10 rings (SSSR count). The molecular weight excluding hydrogens is 432 g/mol. The molecule has 5 aromatic carbocycles. The summed E-state index contributed by atoms with van der Waals surface area (Å²) >= 11 is 0. The van der Waals surface area contributed by atoms with E-state index in [9.17, 15) is 0 Å². The van der Waals surface area contributed by atoms with E-state index in [2.05, 4.69) is 111 Å². The van der Waals surface area contributed by atoms with Crippen LogP contribution in [0, 0.1) is 13.8 Å². The molecule has 0 aliphatic heterocycles. The van der Waals surface area contributed by atoms with Gasteiger partial charge in [0, 0.05) is 5.41 Å². The van der Waals surface area contributed by atoms with E-state index in [0.29, 0.717) is 0 Å². The first kappa shape index (κ1) is 21.6. The molecule has 0 nitrogen and oxygen atoms in total. The molecule has 0 fully saturated rings. The molecular formula is C36H32. The summed E-state index contributed by atoms with van der Waals surface area (Å²) < 4.78 is 0. The van der Waals surface area contributed by atoms with Gasteiger partial charge in [-0.05, 0) is 101 Å². The standard InChI is InChI=1S/C36H32/c1-24-9-18-31-32-8-4-7-30-19-25(2)21-34(35(30)32)36(33(31)20-24)22-28-14-10-26(11-15-28)5-3-6-27-12-16-29(23-36)17-13-27/h4,7-21H,3,5-6,22-23H2,1-2H3. The summed E-state index contributed by atoms with van der Waals surface area (Å²) in [6, 6.07) is 37.9. The number of aryl methyl sites for hydroxylation is 4. The maximum absolute atomic E-state index is 2.49. The van der Waals surface area contributed by atoms with Gasteiger partial charge in [0.15, 0.2) is 0 Å². The Labute approximate surface area is 214 Å². The van der Waals surface area contributed by atoms with Gasteiger partial charge in [-0.15, -0.1) is 0 Å². The largest absolute Gasteiger partial charge is 0.0610 e. The quantitative estimate of drug-likeness (QED) is 0.215. The highest BCUT2D eigenvalue weighted by atomic mass is 14.4. The Morgan fingerprint density at radius 2 is 1.14 bits per heavy atom. The fourth-order valence-electron chi connectivity index (χ4n) is 6.90. The lowest BCUT2D eigenvalue weighted by atomic mass is 9.60. The number of fused-ring (bicyclic) bond motifs is 2. The molecule has 4 bridgehead atoms. The maximum Gasteiger partial charge on any atom is 0.0296 e. The molecule has 0 heterocycles. The van der Waals surface area contributed by atoms with Gasteiger partial charge < -0.3 is 0 Å². The summed E-state index contributed by atoms with van der Waals surface area (Å²) in [5.41, 5.74) is 14.0. The van der Waals surface area contributed by atoms with Crippen molar-refractivity contribution in [3.05, 3.63) is 142 Å². The third-order valence-electron chi connectivity index (χ3n) is 8.61. The van der Waals surface area contributed by atoms with Crippen molar-refractivity contribution < 1.29 is 0 Å². The van der Waals surface area contributed by atoms with Crippen molar-refractivity contribution in [2.24, 2.45) is 0 Å². The summed E-state index contributed by atoms with van der Waals surface area (Å²) in [4.78, 5) is 0. The van der Waals surface area contributed by atoms with Gasteiger partial charge >= 0.3 is 0 Å². The Bertz CT molecular complexity index is 1550. The van der Waals surface area contributed by atoms with Gasteiger partial charge in [0.1, 0.15) is 0 Å². The molecule has 0 saturated carbocycles. The highest BCUT2D eigenvalue weighted by Gasteiger charge is 2.41. The molecule has 0 saturated heterocycles. The van der Waals surface area contributed by atoms with E-state index in [1.54, 1.807) is 0 Å². The maximum atomic E-state index is 2.49. The third kappa shape index (κ3) is 3.43. The molecule has 5 aromatic rings. The average molecular weight is 465 g/mol. The van der Waals surface area contributed by atoms with Crippen LogP contribution in [-0.2, 0) is 31.1 Å². The highest BCUT2D eigenvalue weighted by molar-refractivity contribution is 6.03. The smallest absolute Gasteiger partial charge is 0.0296 e. The zero-order valence-corrected chi connectivity index (χ0v) is 21.3. The van der Waals surface area contributed by atoms with Gasteiger partial charge in [-0.3, -0.25) is 0 Å². The lowest BCUT2D eigenvalue weighted by Crippen LogP contribution is -2.36. The van der Waals surface area contributed by atoms with E-state index >= 15 is 0 Å². The van der Waals surface area contributed by atoms with Crippen LogP contribution in [0.4, 0.5) is 0 Å². The predicted molar refractivity (Wildman–Crippen MR) is 152 cm³/mol. The lowest BCUT2D eigenvalue weighted by Gasteiger charge is -2.42. The highest BCUT2D eigenvalue weighted by Crippen LogP contribution is 2.52. The minimum atomic E-state index is -0.132. The van der Waals surface area contributed by atoms with Crippen LogP contribution in [0.25, 0.3) is 21.9 Å². The van der Waals surface area contributed by atoms with Gasteiger partial charge in [0.25, 0.3) is 0 Å². The second-order valence-electron chi connectivity index (χ2n) is 11.2. The SMILES string of the molecule is Cc1ccc2c(c1)C1(Cc3ccc(cc3)CCCc3ccc(cc3)C1)c1cc(C)cc3cccc-2c13. The second kappa shape index (κ2) is 8.20. The fourth-order valence-corrected chi connectivity index (χ4v) is 6.90. The topological polar surface area (TPSA) is 0 Å². The molecule has 0 radical (unpaired) electrons. The van der Waals surface area contributed by atoms with Crippen molar-refractivity contribution in [3.8, 4) is 11.1 Å². The lowest BCUT2D eigenvalue weighted by molar-refractivity contribution is 0.509. The van der Waals surface area contributed by atoms with Gasteiger partial charge in [-0.25, -0.2) is 0 Å². The van der Waals surface area contributed by atoms with Crippen molar-refractivity contribution in [1.29, 1.82) is 0 Å². The summed E-state index contributed by atoms with van der Waals surface area (Å²) in [5, 5.41) is 2.80. The van der Waals surface area contributed by atoms with E-state index in [1.165, 1.54) is 72.8 Å². The van der Waals surface area contributed by atoms with Crippen LogP contribution in [-0.4, -0.2) is 0 Å². The van der Waals surface area contributed by atoms with Crippen LogP contribution in [0.5, 0.6) is 0 Å². The van der Waals surface area contributed by atoms with Gasteiger partial charge in [0.2, 0.25) is 0 Å². The molecule has 0 amide bonds. The summed E-state index contributed by atoms with van der Waals surface area (Å²) in [6.07, 6.45) is 5.48. The van der Waals surface area contributed by atoms with Crippen LogP contribution < -0.4 is 0 Å². The number of benzene rings is 5. The van der Waals surface area contributed by atoms with Gasteiger partial charge in [0.05, 0.1) is 0 Å². The minimum absolute atomic E-state index is 0.132. The molecule has 36 heavy (non-hydrogen) atoms. The summed E-state index contributed by atoms with van der Waals surface area (Å²) in [7, 11) is 0.